The Morgan fingerprint density at radius 1 is 1.20 bits per heavy atom. The van der Waals surface area contributed by atoms with Crippen LogP contribution in [0.5, 0.6) is 0 Å². The number of nitrogens with one attached hydrogen (secondary N) is 2. The van der Waals surface area contributed by atoms with Crippen LogP contribution in [0.2, 0.25) is 10.0 Å². The minimum Gasteiger partial charge on any atom is -0.354 e. The Balaban J connectivity index is 2.09. The fraction of sp³-hybridized carbons (Fsp3) is 0.286. The Labute approximate surface area is 128 Å². The molecule has 2 aromatic rings. The van der Waals surface area contributed by atoms with Crippen LogP contribution in [0.1, 0.15) is 19.8 Å². The van der Waals surface area contributed by atoms with E-state index in [9.17, 15) is 0 Å². The quantitative estimate of drug-likeness (QED) is 0.757. The van der Waals surface area contributed by atoms with Gasteiger partial charge < -0.3 is 10.6 Å². The minimum atomic E-state index is 0.480. The Kier molecular flexibility index (Phi) is 5.44. The first-order valence-corrected chi connectivity index (χ1v) is 7.24. The molecule has 2 rings (SSSR count). The Bertz CT molecular complexity index is 575. The van der Waals surface area contributed by atoms with Crippen LogP contribution >= 0.6 is 23.2 Å². The molecular formula is C14H16Cl2N4. The van der Waals surface area contributed by atoms with E-state index >= 15 is 0 Å². The topological polar surface area (TPSA) is 49.8 Å². The van der Waals surface area contributed by atoms with Gasteiger partial charge in [-0.3, -0.25) is 0 Å². The SMILES string of the molecule is CCCCNc1nccc(Nc2cccc(Cl)c2Cl)n1. The molecule has 4 nitrogen and oxygen atoms in total. The summed E-state index contributed by atoms with van der Waals surface area (Å²) in [7, 11) is 0. The van der Waals surface area contributed by atoms with Crippen LogP contribution in [0.25, 0.3) is 0 Å². The third-order valence-electron chi connectivity index (χ3n) is 2.68. The van der Waals surface area contributed by atoms with Gasteiger partial charge in [-0.25, -0.2) is 4.98 Å². The molecule has 20 heavy (non-hydrogen) atoms. The van der Waals surface area contributed by atoms with Crippen molar-refractivity contribution in [3.63, 3.8) is 0 Å². The normalized spacial score (nSPS) is 10.3. The van der Waals surface area contributed by atoms with E-state index in [1.54, 1.807) is 18.3 Å². The van der Waals surface area contributed by atoms with Crippen LogP contribution in [0.3, 0.4) is 0 Å². The summed E-state index contributed by atoms with van der Waals surface area (Å²) < 4.78 is 0. The molecule has 0 aliphatic rings. The van der Waals surface area contributed by atoms with Crippen LogP contribution in [0.4, 0.5) is 17.5 Å². The standard InChI is InChI=1S/C14H16Cl2N4/c1-2-3-8-17-14-18-9-7-12(20-14)19-11-6-4-5-10(15)13(11)16/h4-7,9H,2-3,8H2,1H3,(H2,17,18,19,20). The third kappa shape index (κ3) is 3.99. The molecule has 1 aromatic carbocycles. The molecule has 0 amide bonds. The summed E-state index contributed by atoms with van der Waals surface area (Å²) in [4.78, 5) is 8.55. The molecule has 6 heteroatoms. The maximum absolute atomic E-state index is 6.13. The van der Waals surface area contributed by atoms with Crippen molar-refractivity contribution in [2.45, 2.75) is 19.8 Å². The van der Waals surface area contributed by atoms with E-state index in [2.05, 4.69) is 27.5 Å². The van der Waals surface area contributed by atoms with Gasteiger partial charge in [0, 0.05) is 12.7 Å². The highest BCUT2D eigenvalue weighted by molar-refractivity contribution is 6.43. The van der Waals surface area contributed by atoms with Crippen molar-refractivity contribution in [3.05, 3.63) is 40.5 Å². The molecule has 0 unspecified atom stereocenters. The number of halogens is 2. The summed E-state index contributed by atoms with van der Waals surface area (Å²) in [6, 6.07) is 7.20. The van der Waals surface area contributed by atoms with Crippen molar-refractivity contribution in [2.24, 2.45) is 0 Å². The van der Waals surface area contributed by atoms with Crippen molar-refractivity contribution >= 4 is 40.7 Å². The molecule has 0 atom stereocenters. The third-order valence-corrected chi connectivity index (χ3v) is 3.50. The van der Waals surface area contributed by atoms with Gasteiger partial charge in [0.05, 0.1) is 15.7 Å². The highest BCUT2D eigenvalue weighted by atomic mass is 35.5. The second-order valence-electron chi connectivity index (χ2n) is 4.27. The first-order valence-electron chi connectivity index (χ1n) is 6.48. The molecule has 0 aliphatic heterocycles. The van der Waals surface area contributed by atoms with Gasteiger partial charge in [-0.15, -0.1) is 0 Å². The lowest BCUT2D eigenvalue weighted by atomic mass is 10.3. The van der Waals surface area contributed by atoms with Crippen molar-refractivity contribution in [1.29, 1.82) is 0 Å². The van der Waals surface area contributed by atoms with E-state index in [0.29, 0.717) is 21.8 Å². The van der Waals surface area contributed by atoms with Gasteiger partial charge in [0.15, 0.2) is 0 Å². The van der Waals surface area contributed by atoms with Crippen LogP contribution in [-0.4, -0.2) is 16.5 Å². The molecule has 0 saturated carbocycles. The average molecular weight is 311 g/mol. The summed E-state index contributed by atoms with van der Waals surface area (Å²) in [6.07, 6.45) is 3.91. The molecule has 0 saturated heterocycles. The second-order valence-corrected chi connectivity index (χ2v) is 5.06. The number of benzene rings is 1. The Morgan fingerprint density at radius 2 is 2.05 bits per heavy atom. The number of rotatable bonds is 6. The molecular weight excluding hydrogens is 295 g/mol. The van der Waals surface area contributed by atoms with Gasteiger partial charge in [-0.2, -0.15) is 4.98 Å². The van der Waals surface area contributed by atoms with Crippen molar-refractivity contribution in [1.82, 2.24) is 9.97 Å². The lowest BCUT2D eigenvalue weighted by Crippen LogP contribution is -2.06. The smallest absolute Gasteiger partial charge is 0.224 e. The second kappa shape index (κ2) is 7.31. The van der Waals surface area contributed by atoms with Crippen LogP contribution in [0.15, 0.2) is 30.5 Å². The lowest BCUT2D eigenvalue weighted by Gasteiger charge is -2.10. The van der Waals surface area contributed by atoms with Gasteiger partial charge in [-0.1, -0.05) is 42.6 Å². The fourth-order valence-corrected chi connectivity index (χ4v) is 1.98. The zero-order valence-corrected chi connectivity index (χ0v) is 12.7. The van der Waals surface area contributed by atoms with E-state index in [-0.39, 0.29) is 0 Å². The molecule has 1 heterocycles. The number of aromatic nitrogens is 2. The number of hydrogen-bond donors (Lipinski definition) is 2. The average Bonchev–Trinajstić information content (AvgIpc) is 2.45. The lowest BCUT2D eigenvalue weighted by molar-refractivity contribution is 0.826. The number of nitrogens with zero attached hydrogens (tertiary/aromatic N) is 2. The molecule has 0 fully saturated rings. The number of unbranched alkanes of at least 4 members (excludes halogenated alkanes) is 1. The summed E-state index contributed by atoms with van der Waals surface area (Å²) in [5.74, 6) is 1.27. The van der Waals surface area contributed by atoms with E-state index in [4.69, 9.17) is 23.2 Å². The summed E-state index contributed by atoms with van der Waals surface area (Å²) in [6.45, 7) is 3.00. The molecule has 0 radical (unpaired) electrons. The molecule has 0 spiro atoms. The largest absolute Gasteiger partial charge is 0.354 e. The van der Waals surface area contributed by atoms with E-state index < -0.39 is 0 Å². The van der Waals surface area contributed by atoms with Gasteiger partial charge in [0.25, 0.3) is 0 Å². The highest BCUT2D eigenvalue weighted by Gasteiger charge is 2.05. The molecule has 1 aromatic heterocycles. The monoisotopic (exact) mass is 310 g/mol. The zero-order valence-electron chi connectivity index (χ0n) is 11.2. The predicted molar refractivity (Wildman–Crippen MR) is 85.2 cm³/mol. The summed E-state index contributed by atoms with van der Waals surface area (Å²) in [5.41, 5.74) is 0.720. The van der Waals surface area contributed by atoms with Gasteiger partial charge >= 0.3 is 0 Å². The minimum absolute atomic E-state index is 0.480. The first-order chi connectivity index (χ1) is 9.70. The maximum Gasteiger partial charge on any atom is 0.224 e. The molecule has 0 aliphatic carbocycles. The summed E-state index contributed by atoms with van der Waals surface area (Å²) in [5, 5.41) is 7.30. The van der Waals surface area contributed by atoms with E-state index in [1.165, 1.54) is 0 Å². The number of anilines is 3. The van der Waals surface area contributed by atoms with Crippen LogP contribution in [-0.2, 0) is 0 Å². The molecule has 106 valence electrons. The van der Waals surface area contributed by atoms with E-state index in [1.807, 2.05) is 12.1 Å². The maximum atomic E-state index is 6.13. The number of hydrogen-bond acceptors (Lipinski definition) is 4. The van der Waals surface area contributed by atoms with Crippen molar-refractivity contribution in [2.75, 3.05) is 17.2 Å². The van der Waals surface area contributed by atoms with Crippen LogP contribution in [0, 0.1) is 0 Å². The Morgan fingerprint density at radius 3 is 2.85 bits per heavy atom. The molecule has 0 bridgehead atoms. The predicted octanol–water partition coefficient (Wildman–Crippen LogP) is 4.74. The summed E-state index contributed by atoms with van der Waals surface area (Å²) >= 11 is 12.1. The first kappa shape index (κ1) is 14.9. The van der Waals surface area contributed by atoms with Crippen LogP contribution < -0.4 is 10.6 Å². The van der Waals surface area contributed by atoms with Crippen molar-refractivity contribution in [3.8, 4) is 0 Å². The van der Waals surface area contributed by atoms with Gasteiger partial charge in [-0.05, 0) is 24.6 Å². The highest BCUT2D eigenvalue weighted by Crippen LogP contribution is 2.31. The Hall–Kier alpha value is -1.52. The van der Waals surface area contributed by atoms with Crippen molar-refractivity contribution < 1.29 is 0 Å². The van der Waals surface area contributed by atoms with E-state index in [0.717, 1.165) is 25.1 Å². The van der Waals surface area contributed by atoms with Gasteiger partial charge in [0.2, 0.25) is 5.95 Å². The fourth-order valence-electron chi connectivity index (χ4n) is 1.63. The van der Waals surface area contributed by atoms with Gasteiger partial charge in [0.1, 0.15) is 5.82 Å². The zero-order chi connectivity index (χ0) is 14.4. The molecule has 2 N–H and O–H groups in total.